The summed E-state index contributed by atoms with van der Waals surface area (Å²) in [4.78, 5) is 29.3. The van der Waals surface area contributed by atoms with Crippen LogP contribution < -0.4 is 4.90 Å². The van der Waals surface area contributed by atoms with Crippen LogP contribution in [0.1, 0.15) is 32.3 Å². The van der Waals surface area contributed by atoms with Crippen molar-refractivity contribution < 1.29 is 4.79 Å². The first-order valence-electron chi connectivity index (χ1n) is 13.4. The molecule has 1 amide bonds. The van der Waals surface area contributed by atoms with E-state index in [1.165, 1.54) is 11.8 Å². The summed E-state index contributed by atoms with van der Waals surface area (Å²) in [5, 5.41) is 2.64. The van der Waals surface area contributed by atoms with E-state index in [9.17, 15) is 4.79 Å². The molecule has 0 spiro atoms. The Balaban J connectivity index is 1.26. The Morgan fingerprint density at radius 3 is 2.47 bits per heavy atom. The summed E-state index contributed by atoms with van der Waals surface area (Å²) in [5.74, 6) is -0.153. The summed E-state index contributed by atoms with van der Waals surface area (Å²) in [5.41, 5.74) is 5.10. The molecule has 38 heavy (non-hydrogen) atoms. The maximum Gasteiger partial charge on any atom is 0.286 e. The largest absolute Gasteiger partial charge is 0.368 e. The number of pyridine rings is 1. The fraction of sp³-hybridized carbons (Fsp3) is 0.367. The SMILES string of the molecule is CC(C)N1CCN(c2ccc(-c3ccnc4ccc(/C=C5\SC(N6CCCC6)=NC5=O)cc34)cc2Cl)CC1. The van der Waals surface area contributed by atoms with Crippen LogP contribution in [0.15, 0.2) is 58.6 Å². The van der Waals surface area contributed by atoms with E-state index in [-0.39, 0.29) is 5.91 Å². The first kappa shape index (κ1) is 25.4. The van der Waals surface area contributed by atoms with Crippen molar-refractivity contribution in [3.05, 3.63) is 64.2 Å². The topological polar surface area (TPSA) is 52.0 Å². The van der Waals surface area contributed by atoms with E-state index in [4.69, 9.17) is 11.6 Å². The summed E-state index contributed by atoms with van der Waals surface area (Å²) in [6.45, 7) is 10.5. The summed E-state index contributed by atoms with van der Waals surface area (Å²) in [6, 6.07) is 15.1. The molecule has 3 aromatic rings. The van der Waals surface area contributed by atoms with Crippen LogP contribution >= 0.6 is 23.4 Å². The van der Waals surface area contributed by atoms with Gasteiger partial charge in [0.15, 0.2) is 5.17 Å². The molecule has 3 aliphatic rings. The number of benzene rings is 2. The van der Waals surface area contributed by atoms with Gasteiger partial charge in [0.05, 0.1) is 21.1 Å². The lowest BCUT2D eigenvalue weighted by Gasteiger charge is -2.38. The van der Waals surface area contributed by atoms with E-state index in [2.05, 4.69) is 62.8 Å². The highest BCUT2D eigenvalue weighted by Gasteiger charge is 2.27. The molecule has 2 saturated heterocycles. The molecule has 1 aromatic heterocycles. The number of thioether (sulfide) groups is 1. The number of carbonyl (C=O) groups is 1. The standard InChI is InChI=1S/C30H32ClN5OS/c1-20(2)34-13-15-35(16-14-34)27-8-6-22(19-25(27)31)23-9-10-32-26-7-5-21(17-24(23)26)18-28-29(37)33-30(38-28)36-11-3-4-12-36/h5-10,17-20H,3-4,11-16H2,1-2H3/b28-18-. The molecule has 196 valence electrons. The van der Waals surface area contributed by atoms with Crippen molar-refractivity contribution in [3.63, 3.8) is 0 Å². The van der Waals surface area contributed by atoms with Gasteiger partial charge in [-0.3, -0.25) is 14.7 Å². The minimum atomic E-state index is -0.153. The van der Waals surface area contributed by atoms with Gasteiger partial charge in [-0.1, -0.05) is 23.7 Å². The number of amidine groups is 1. The molecule has 0 saturated carbocycles. The van der Waals surface area contributed by atoms with Crippen LogP contribution in [-0.4, -0.2) is 71.2 Å². The van der Waals surface area contributed by atoms with E-state index < -0.39 is 0 Å². The number of carbonyl (C=O) groups excluding carboxylic acids is 1. The van der Waals surface area contributed by atoms with E-state index in [1.807, 2.05) is 30.5 Å². The molecule has 8 heteroatoms. The van der Waals surface area contributed by atoms with Gasteiger partial charge in [-0.25, -0.2) is 0 Å². The molecule has 3 aliphatic heterocycles. The second-order valence-corrected chi connectivity index (χ2v) is 11.8. The Labute approximate surface area is 233 Å². The monoisotopic (exact) mass is 545 g/mol. The first-order chi connectivity index (χ1) is 18.5. The molecule has 6 rings (SSSR count). The zero-order chi connectivity index (χ0) is 26.2. The predicted molar refractivity (Wildman–Crippen MR) is 160 cm³/mol. The van der Waals surface area contributed by atoms with Gasteiger partial charge in [-0.2, -0.15) is 4.99 Å². The number of amides is 1. The number of hydrogen-bond acceptors (Lipinski definition) is 6. The quantitative estimate of drug-likeness (QED) is 0.366. The normalized spacial score (nSPS) is 19.8. The van der Waals surface area contributed by atoms with Crippen molar-refractivity contribution >= 4 is 57.1 Å². The van der Waals surface area contributed by atoms with Gasteiger partial charge < -0.3 is 9.80 Å². The van der Waals surface area contributed by atoms with Crippen LogP contribution in [0.3, 0.4) is 0 Å². The third-order valence-electron chi connectivity index (χ3n) is 7.69. The van der Waals surface area contributed by atoms with Crippen LogP contribution in [0, 0.1) is 0 Å². The Bertz CT molecular complexity index is 1440. The number of aromatic nitrogens is 1. The highest BCUT2D eigenvalue weighted by atomic mass is 35.5. The van der Waals surface area contributed by atoms with E-state index in [0.717, 1.165) is 95.6 Å². The zero-order valence-electron chi connectivity index (χ0n) is 21.9. The predicted octanol–water partition coefficient (Wildman–Crippen LogP) is 6.15. The van der Waals surface area contributed by atoms with Crippen molar-refractivity contribution in [2.24, 2.45) is 4.99 Å². The maximum atomic E-state index is 12.6. The number of aliphatic imine (C=N–C) groups is 1. The van der Waals surface area contributed by atoms with Gasteiger partial charge in [0.2, 0.25) is 0 Å². The minimum absolute atomic E-state index is 0.153. The van der Waals surface area contributed by atoms with E-state index in [1.54, 1.807) is 0 Å². The minimum Gasteiger partial charge on any atom is -0.368 e. The Morgan fingerprint density at radius 1 is 0.947 bits per heavy atom. The zero-order valence-corrected chi connectivity index (χ0v) is 23.4. The van der Waals surface area contributed by atoms with Crippen molar-refractivity contribution in [2.75, 3.05) is 44.2 Å². The number of anilines is 1. The average molecular weight is 546 g/mol. The molecule has 4 heterocycles. The van der Waals surface area contributed by atoms with E-state index in [0.29, 0.717) is 10.9 Å². The van der Waals surface area contributed by atoms with Crippen LogP contribution in [-0.2, 0) is 4.79 Å². The van der Waals surface area contributed by atoms with Crippen LogP contribution in [0.25, 0.3) is 28.1 Å². The first-order valence-corrected chi connectivity index (χ1v) is 14.6. The number of piperazine rings is 1. The molecule has 0 radical (unpaired) electrons. The fourth-order valence-corrected chi connectivity index (χ4v) is 6.77. The molecule has 0 aliphatic carbocycles. The van der Waals surface area contributed by atoms with Gasteiger partial charge in [0.25, 0.3) is 5.91 Å². The van der Waals surface area contributed by atoms with Crippen molar-refractivity contribution in [1.82, 2.24) is 14.8 Å². The summed E-state index contributed by atoms with van der Waals surface area (Å²) in [6.07, 6.45) is 6.11. The second-order valence-electron chi connectivity index (χ2n) is 10.4. The lowest BCUT2D eigenvalue weighted by atomic mass is 9.99. The van der Waals surface area contributed by atoms with Gasteiger partial charge >= 0.3 is 0 Å². The number of fused-ring (bicyclic) bond motifs is 1. The Morgan fingerprint density at radius 2 is 1.74 bits per heavy atom. The summed E-state index contributed by atoms with van der Waals surface area (Å²) < 4.78 is 0. The molecule has 0 N–H and O–H groups in total. The number of nitrogens with zero attached hydrogens (tertiary/aromatic N) is 5. The summed E-state index contributed by atoms with van der Waals surface area (Å²) in [7, 11) is 0. The number of likely N-dealkylation sites (tertiary alicyclic amines) is 1. The van der Waals surface area contributed by atoms with Gasteiger partial charge in [-0.05, 0) is 91.5 Å². The average Bonchev–Trinajstić information content (AvgIpc) is 3.59. The second kappa shape index (κ2) is 10.7. The van der Waals surface area contributed by atoms with Crippen LogP contribution in [0.5, 0.6) is 0 Å². The highest BCUT2D eigenvalue weighted by Crippen LogP contribution is 2.36. The van der Waals surface area contributed by atoms with Crippen LogP contribution in [0.2, 0.25) is 5.02 Å². The molecular weight excluding hydrogens is 514 g/mol. The third kappa shape index (κ3) is 5.07. The molecule has 0 unspecified atom stereocenters. The van der Waals surface area contributed by atoms with Crippen molar-refractivity contribution in [2.45, 2.75) is 32.7 Å². The van der Waals surface area contributed by atoms with Crippen molar-refractivity contribution in [3.8, 4) is 11.1 Å². The Hall–Kier alpha value is -2.87. The molecule has 2 aromatic carbocycles. The third-order valence-corrected chi connectivity index (χ3v) is 9.04. The number of halogens is 1. The smallest absolute Gasteiger partial charge is 0.286 e. The van der Waals surface area contributed by atoms with Crippen molar-refractivity contribution in [1.29, 1.82) is 0 Å². The molecule has 6 nitrogen and oxygen atoms in total. The maximum absolute atomic E-state index is 12.6. The number of hydrogen-bond donors (Lipinski definition) is 0. The van der Waals surface area contributed by atoms with Gasteiger partial charge in [-0.15, -0.1) is 0 Å². The molecular formula is C30H32ClN5OS. The highest BCUT2D eigenvalue weighted by molar-refractivity contribution is 8.18. The molecule has 2 fully saturated rings. The van der Waals surface area contributed by atoms with E-state index >= 15 is 0 Å². The van der Waals surface area contributed by atoms with Crippen LogP contribution in [0.4, 0.5) is 5.69 Å². The molecule has 0 atom stereocenters. The molecule has 0 bridgehead atoms. The van der Waals surface area contributed by atoms with Gasteiger partial charge in [0, 0.05) is 56.9 Å². The lowest BCUT2D eigenvalue weighted by Crippen LogP contribution is -2.49. The number of rotatable bonds is 4. The van der Waals surface area contributed by atoms with Gasteiger partial charge in [0.1, 0.15) is 0 Å². The summed E-state index contributed by atoms with van der Waals surface area (Å²) >= 11 is 8.34. The lowest BCUT2D eigenvalue weighted by molar-refractivity contribution is -0.113. The Kier molecular flexibility index (Phi) is 7.16. The fourth-order valence-electron chi connectivity index (χ4n) is 5.51.